The number of nitrogens with zero attached hydrogens (tertiary/aromatic N) is 2. The van der Waals surface area contributed by atoms with Crippen LogP contribution < -0.4 is 15.1 Å². The summed E-state index contributed by atoms with van der Waals surface area (Å²) in [5, 5.41) is 2.23. The number of carbonyl (C=O) groups excluding carboxylic acids is 3. The molecule has 2 aliphatic rings. The summed E-state index contributed by atoms with van der Waals surface area (Å²) in [6.07, 6.45) is 1.35. The molecule has 2 fully saturated rings. The minimum Gasteiger partial charge on any atom is -0.440 e. The van der Waals surface area contributed by atoms with Crippen LogP contribution in [-0.2, 0) is 14.3 Å². The van der Waals surface area contributed by atoms with Gasteiger partial charge in [0, 0.05) is 19.2 Å². The monoisotopic (exact) mass is 473 g/mol. The highest BCUT2D eigenvalue weighted by Gasteiger charge is 2.37. The molecule has 1 N–H and O–H groups in total. The number of nitrogens with one attached hydrogen (secondary N) is 1. The smallest absolute Gasteiger partial charge is 0.335 e. The van der Waals surface area contributed by atoms with Gasteiger partial charge in [-0.25, -0.2) is 9.69 Å². The summed E-state index contributed by atoms with van der Waals surface area (Å²) in [7, 11) is 0. The van der Waals surface area contributed by atoms with Crippen LogP contribution in [0.15, 0.2) is 38.7 Å². The topological polar surface area (TPSA) is 92.1 Å². The van der Waals surface area contributed by atoms with Gasteiger partial charge < -0.3 is 14.1 Å². The van der Waals surface area contributed by atoms with Crippen molar-refractivity contribution in [2.75, 3.05) is 36.1 Å². The number of amides is 4. The molecule has 156 valence electrons. The van der Waals surface area contributed by atoms with Crippen molar-refractivity contribution in [3.8, 4) is 0 Å². The van der Waals surface area contributed by atoms with E-state index in [1.165, 1.54) is 6.08 Å². The zero-order valence-electron chi connectivity index (χ0n) is 16.5. The highest BCUT2D eigenvalue weighted by molar-refractivity contribution is 9.10. The van der Waals surface area contributed by atoms with E-state index >= 15 is 0 Å². The molecule has 3 heterocycles. The molecule has 2 aliphatic heterocycles. The van der Waals surface area contributed by atoms with Gasteiger partial charge in [-0.3, -0.25) is 14.9 Å². The number of imide groups is 2. The van der Waals surface area contributed by atoms with Gasteiger partial charge in [0.1, 0.15) is 11.3 Å². The molecular weight excluding hydrogens is 454 g/mol. The fraction of sp³-hybridized carbons (Fsp3) is 0.286. The second-order valence-electron chi connectivity index (χ2n) is 7.13. The predicted octanol–water partition coefficient (Wildman–Crippen LogP) is 3.16. The van der Waals surface area contributed by atoms with Crippen molar-refractivity contribution in [1.82, 2.24) is 5.32 Å². The molecule has 9 heteroatoms. The molecule has 0 saturated carbocycles. The molecule has 2 aromatic rings. The Morgan fingerprint density at radius 1 is 1.07 bits per heavy atom. The van der Waals surface area contributed by atoms with Crippen LogP contribution in [0.5, 0.6) is 0 Å². The van der Waals surface area contributed by atoms with Gasteiger partial charge in [0.2, 0.25) is 5.88 Å². The van der Waals surface area contributed by atoms with Gasteiger partial charge in [-0.15, -0.1) is 0 Å². The van der Waals surface area contributed by atoms with E-state index in [-0.39, 0.29) is 5.57 Å². The van der Waals surface area contributed by atoms with E-state index in [1.54, 1.807) is 18.2 Å². The van der Waals surface area contributed by atoms with Crippen LogP contribution in [0.2, 0.25) is 0 Å². The van der Waals surface area contributed by atoms with Crippen molar-refractivity contribution in [2.24, 2.45) is 0 Å². The lowest BCUT2D eigenvalue weighted by atomic mass is 10.1. The number of rotatable bonds is 3. The van der Waals surface area contributed by atoms with Crippen molar-refractivity contribution < 1.29 is 23.5 Å². The third-order valence-corrected chi connectivity index (χ3v) is 5.69. The average molecular weight is 474 g/mol. The highest BCUT2D eigenvalue weighted by Crippen LogP contribution is 2.32. The van der Waals surface area contributed by atoms with E-state index in [0.717, 1.165) is 16.0 Å². The number of benzene rings is 1. The minimum absolute atomic E-state index is 0.178. The van der Waals surface area contributed by atoms with E-state index in [0.29, 0.717) is 48.1 Å². The van der Waals surface area contributed by atoms with E-state index < -0.39 is 17.8 Å². The second-order valence-corrected chi connectivity index (χ2v) is 7.98. The zero-order chi connectivity index (χ0) is 21.4. The Bertz CT molecular complexity index is 1070. The molecule has 1 aromatic heterocycles. The summed E-state index contributed by atoms with van der Waals surface area (Å²) >= 11 is 3.47. The van der Waals surface area contributed by atoms with Crippen LogP contribution in [0.3, 0.4) is 0 Å². The summed E-state index contributed by atoms with van der Waals surface area (Å²) in [5.74, 6) is -0.523. The van der Waals surface area contributed by atoms with Gasteiger partial charge in [0.25, 0.3) is 11.8 Å². The summed E-state index contributed by atoms with van der Waals surface area (Å²) in [5.41, 5.74) is 2.18. The Morgan fingerprint density at radius 2 is 1.80 bits per heavy atom. The lowest BCUT2D eigenvalue weighted by Gasteiger charge is -2.27. The normalized spacial score (nSPS) is 18.9. The van der Waals surface area contributed by atoms with Gasteiger partial charge in [0.15, 0.2) is 0 Å². The molecule has 0 aliphatic carbocycles. The number of furan rings is 1. The first-order valence-electron chi connectivity index (χ1n) is 9.46. The summed E-state index contributed by atoms with van der Waals surface area (Å²) in [6, 6.07) is 6.14. The zero-order valence-corrected chi connectivity index (χ0v) is 18.1. The maximum Gasteiger partial charge on any atom is 0.335 e. The van der Waals surface area contributed by atoms with Crippen molar-refractivity contribution in [1.29, 1.82) is 0 Å². The maximum atomic E-state index is 13.0. The molecule has 0 atom stereocenters. The second kappa shape index (κ2) is 8.08. The molecular formula is C21H20BrN3O5. The number of carbonyl (C=O) groups is 3. The van der Waals surface area contributed by atoms with E-state index in [2.05, 4.69) is 21.2 Å². The molecule has 30 heavy (non-hydrogen) atoms. The van der Waals surface area contributed by atoms with Crippen LogP contribution in [0.1, 0.15) is 16.9 Å². The number of halogens is 1. The molecule has 0 spiro atoms. The van der Waals surface area contributed by atoms with Gasteiger partial charge in [0.05, 0.1) is 23.4 Å². The number of hydrogen-bond donors (Lipinski definition) is 1. The number of ether oxygens (including phenoxy) is 1. The van der Waals surface area contributed by atoms with Crippen LogP contribution in [0.25, 0.3) is 6.08 Å². The van der Waals surface area contributed by atoms with Crippen molar-refractivity contribution in [2.45, 2.75) is 13.8 Å². The third kappa shape index (κ3) is 3.78. The molecule has 2 saturated heterocycles. The molecule has 0 radical (unpaired) electrons. The number of urea groups is 1. The first-order valence-corrected chi connectivity index (χ1v) is 10.2. The Labute approximate surface area is 181 Å². The van der Waals surface area contributed by atoms with Gasteiger partial charge in [-0.05, 0) is 59.1 Å². The van der Waals surface area contributed by atoms with Gasteiger partial charge in [-0.1, -0.05) is 6.07 Å². The van der Waals surface area contributed by atoms with Crippen molar-refractivity contribution in [3.63, 3.8) is 0 Å². The summed E-state index contributed by atoms with van der Waals surface area (Å²) in [4.78, 5) is 40.8. The first kappa shape index (κ1) is 20.4. The van der Waals surface area contributed by atoms with Crippen LogP contribution in [-0.4, -0.2) is 44.1 Å². The third-order valence-electron chi connectivity index (χ3n) is 5.12. The Balaban J connectivity index is 1.66. The standard InChI is InChI=1S/C21H20BrN3O5/c1-12-3-4-14(9-13(12)2)25-19(27)16(18(26)23-21(25)28)10-15-11-17(22)20(30-15)24-5-7-29-8-6-24/h3-4,9-11H,5-8H2,1-2H3,(H,23,26,28)/b16-10+. The Kier molecular flexibility index (Phi) is 5.48. The van der Waals surface area contributed by atoms with Gasteiger partial charge >= 0.3 is 6.03 Å². The summed E-state index contributed by atoms with van der Waals surface area (Å²) in [6.45, 7) is 6.37. The highest BCUT2D eigenvalue weighted by atomic mass is 79.9. The van der Waals surface area contributed by atoms with Crippen LogP contribution >= 0.6 is 15.9 Å². The Hall–Kier alpha value is -2.91. The van der Waals surface area contributed by atoms with Crippen molar-refractivity contribution in [3.05, 3.63) is 51.2 Å². The number of morpholine rings is 1. The molecule has 4 amide bonds. The number of hydrogen-bond acceptors (Lipinski definition) is 6. The largest absolute Gasteiger partial charge is 0.440 e. The molecule has 0 bridgehead atoms. The number of anilines is 2. The quantitative estimate of drug-likeness (QED) is 0.543. The fourth-order valence-corrected chi connectivity index (χ4v) is 3.89. The number of aryl methyl sites for hydroxylation is 2. The molecule has 0 unspecified atom stereocenters. The minimum atomic E-state index is -0.778. The van der Waals surface area contributed by atoms with Crippen molar-refractivity contribution >= 4 is 51.4 Å². The van der Waals surface area contributed by atoms with Gasteiger partial charge in [-0.2, -0.15) is 0 Å². The fourth-order valence-electron chi connectivity index (χ4n) is 3.33. The first-order chi connectivity index (χ1) is 14.3. The Morgan fingerprint density at radius 3 is 2.50 bits per heavy atom. The molecule has 1 aromatic carbocycles. The number of barbiturate groups is 1. The average Bonchev–Trinajstić information content (AvgIpc) is 3.08. The summed E-state index contributed by atoms with van der Waals surface area (Å²) < 4.78 is 11.9. The van der Waals surface area contributed by atoms with E-state index in [9.17, 15) is 14.4 Å². The maximum absolute atomic E-state index is 13.0. The molecule has 4 rings (SSSR count). The van der Waals surface area contributed by atoms with E-state index in [4.69, 9.17) is 9.15 Å². The van der Waals surface area contributed by atoms with E-state index in [1.807, 2.05) is 24.8 Å². The lowest BCUT2D eigenvalue weighted by molar-refractivity contribution is -0.122. The van der Waals surface area contributed by atoms with Crippen LogP contribution in [0, 0.1) is 13.8 Å². The molecule has 8 nitrogen and oxygen atoms in total. The SMILES string of the molecule is Cc1ccc(N2C(=O)NC(=O)/C(=C\c3cc(Br)c(N4CCOCC4)o3)C2=O)cc1C. The predicted molar refractivity (Wildman–Crippen MR) is 114 cm³/mol. The van der Waals surface area contributed by atoms with Crippen LogP contribution in [0.4, 0.5) is 16.4 Å². The lowest BCUT2D eigenvalue weighted by Crippen LogP contribution is -2.54.